The van der Waals surface area contributed by atoms with E-state index < -0.39 is 0 Å². The SMILES string of the molecule is O=C(NCc1ccncc1)Nc1cccc2c1CC(O)CC2. The van der Waals surface area contributed by atoms with Crippen LogP contribution in [0.3, 0.4) is 0 Å². The van der Waals surface area contributed by atoms with Crippen molar-refractivity contribution in [3.05, 3.63) is 59.4 Å². The maximum Gasteiger partial charge on any atom is 0.319 e. The molecule has 2 amide bonds. The van der Waals surface area contributed by atoms with Crippen LogP contribution >= 0.6 is 0 Å². The van der Waals surface area contributed by atoms with Gasteiger partial charge in [0.15, 0.2) is 0 Å². The first-order valence-corrected chi connectivity index (χ1v) is 7.45. The molecule has 114 valence electrons. The second-order valence-corrected chi connectivity index (χ2v) is 5.50. The molecule has 1 heterocycles. The molecule has 1 aromatic heterocycles. The van der Waals surface area contributed by atoms with E-state index in [0.29, 0.717) is 13.0 Å². The molecule has 0 aliphatic heterocycles. The molecule has 3 N–H and O–H groups in total. The number of hydrogen-bond donors (Lipinski definition) is 3. The summed E-state index contributed by atoms with van der Waals surface area (Å²) in [6, 6.07) is 9.35. The lowest BCUT2D eigenvalue weighted by atomic mass is 9.88. The molecule has 0 saturated heterocycles. The zero-order valence-corrected chi connectivity index (χ0v) is 12.2. The highest BCUT2D eigenvalue weighted by Gasteiger charge is 2.19. The Morgan fingerprint density at radius 3 is 2.91 bits per heavy atom. The number of benzene rings is 1. The molecule has 0 fully saturated rings. The van der Waals surface area contributed by atoms with Crippen LogP contribution in [0.15, 0.2) is 42.7 Å². The molecule has 1 atom stereocenters. The fourth-order valence-electron chi connectivity index (χ4n) is 2.74. The van der Waals surface area contributed by atoms with Crippen molar-refractivity contribution in [3.63, 3.8) is 0 Å². The van der Waals surface area contributed by atoms with E-state index in [2.05, 4.69) is 21.7 Å². The Kier molecular flexibility index (Phi) is 4.34. The van der Waals surface area contributed by atoms with Crippen molar-refractivity contribution in [2.24, 2.45) is 0 Å². The van der Waals surface area contributed by atoms with Gasteiger partial charge in [0.25, 0.3) is 0 Å². The number of aryl methyl sites for hydroxylation is 1. The third-order valence-electron chi connectivity index (χ3n) is 3.91. The Morgan fingerprint density at radius 1 is 1.27 bits per heavy atom. The van der Waals surface area contributed by atoms with Gasteiger partial charge in [0.1, 0.15) is 0 Å². The molecule has 5 nitrogen and oxygen atoms in total. The van der Waals surface area contributed by atoms with Crippen LogP contribution in [0, 0.1) is 0 Å². The molecule has 2 aromatic rings. The summed E-state index contributed by atoms with van der Waals surface area (Å²) in [5.74, 6) is 0. The number of nitrogens with one attached hydrogen (secondary N) is 2. The summed E-state index contributed by atoms with van der Waals surface area (Å²) in [5.41, 5.74) is 4.02. The number of carbonyl (C=O) groups is 1. The van der Waals surface area contributed by atoms with E-state index in [0.717, 1.165) is 29.7 Å². The summed E-state index contributed by atoms with van der Waals surface area (Å²) in [6.07, 6.45) is 5.30. The van der Waals surface area contributed by atoms with Gasteiger partial charge in [0.05, 0.1) is 6.10 Å². The van der Waals surface area contributed by atoms with Crippen molar-refractivity contribution in [3.8, 4) is 0 Å². The first-order valence-electron chi connectivity index (χ1n) is 7.45. The highest BCUT2D eigenvalue weighted by molar-refractivity contribution is 5.90. The third-order valence-corrected chi connectivity index (χ3v) is 3.91. The Balaban J connectivity index is 1.64. The van der Waals surface area contributed by atoms with Crippen molar-refractivity contribution in [1.82, 2.24) is 10.3 Å². The highest BCUT2D eigenvalue weighted by Crippen LogP contribution is 2.28. The van der Waals surface area contributed by atoms with E-state index in [-0.39, 0.29) is 12.1 Å². The van der Waals surface area contributed by atoms with Gasteiger partial charge >= 0.3 is 6.03 Å². The topological polar surface area (TPSA) is 74.2 Å². The molecule has 5 heteroatoms. The maximum atomic E-state index is 12.1. The number of fused-ring (bicyclic) bond motifs is 1. The lowest BCUT2D eigenvalue weighted by Gasteiger charge is -2.23. The standard InChI is InChI=1S/C17H19N3O2/c21-14-5-4-13-2-1-3-16(15(13)10-14)20-17(22)19-11-12-6-8-18-9-7-12/h1-3,6-9,14,21H,4-5,10-11H2,(H2,19,20,22). The summed E-state index contributed by atoms with van der Waals surface area (Å²) in [6.45, 7) is 0.450. The third kappa shape index (κ3) is 3.43. The van der Waals surface area contributed by atoms with Gasteiger partial charge in [-0.25, -0.2) is 4.79 Å². The van der Waals surface area contributed by atoms with Gasteiger partial charge in [-0.2, -0.15) is 0 Å². The molecular weight excluding hydrogens is 278 g/mol. The summed E-state index contributed by atoms with van der Waals surface area (Å²) >= 11 is 0. The van der Waals surface area contributed by atoms with Crippen LogP contribution in [0.25, 0.3) is 0 Å². The molecule has 1 unspecified atom stereocenters. The van der Waals surface area contributed by atoms with Crippen LogP contribution in [0.1, 0.15) is 23.1 Å². The number of amides is 2. The number of aliphatic hydroxyl groups is 1. The largest absolute Gasteiger partial charge is 0.393 e. The predicted molar refractivity (Wildman–Crippen MR) is 84.6 cm³/mol. The zero-order chi connectivity index (χ0) is 15.4. The smallest absolute Gasteiger partial charge is 0.319 e. The quantitative estimate of drug-likeness (QED) is 0.813. The van der Waals surface area contributed by atoms with Gasteiger partial charge in [0.2, 0.25) is 0 Å². The molecule has 0 radical (unpaired) electrons. The highest BCUT2D eigenvalue weighted by atomic mass is 16.3. The van der Waals surface area contributed by atoms with Crippen molar-refractivity contribution in [1.29, 1.82) is 0 Å². The average Bonchev–Trinajstić information content (AvgIpc) is 2.54. The predicted octanol–water partition coefficient (Wildman–Crippen LogP) is 2.25. The van der Waals surface area contributed by atoms with E-state index in [1.54, 1.807) is 12.4 Å². The number of aromatic nitrogens is 1. The molecule has 1 aliphatic rings. The van der Waals surface area contributed by atoms with Gasteiger partial charge in [-0.15, -0.1) is 0 Å². The molecule has 1 aliphatic carbocycles. The van der Waals surface area contributed by atoms with Gasteiger partial charge < -0.3 is 15.7 Å². The summed E-state index contributed by atoms with van der Waals surface area (Å²) in [5, 5.41) is 15.5. The number of hydrogen-bond acceptors (Lipinski definition) is 3. The van der Waals surface area contributed by atoms with Gasteiger partial charge in [-0.1, -0.05) is 12.1 Å². The summed E-state index contributed by atoms with van der Waals surface area (Å²) in [4.78, 5) is 16.0. The lowest BCUT2D eigenvalue weighted by Crippen LogP contribution is -2.29. The van der Waals surface area contributed by atoms with Crippen molar-refractivity contribution in [2.45, 2.75) is 31.9 Å². The average molecular weight is 297 g/mol. The Hall–Kier alpha value is -2.40. The number of rotatable bonds is 3. The zero-order valence-electron chi connectivity index (χ0n) is 12.2. The van der Waals surface area contributed by atoms with Crippen LogP contribution in [0.4, 0.5) is 10.5 Å². The van der Waals surface area contributed by atoms with Crippen LogP contribution in [0.2, 0.25) is 0 Å². The number of aliphatic hydroxyl groups excluding tert-OH is 1. The summed E-state index contributed by atoms with van der Waals surface area (Å²) < 4.78 is 0. The van der Waals surface area contributed by atoms with Gasteiger partial charge in [-0.3, -0.25) is 4.98 Å². The van der Waals surface area contributed by atoms with E-state index in [9.17, 15) is 9.90 Å². The van der Waals surface area contributed by atoms with Crippen LogP contribution in [-0.4, -0.2) is 22.2 Å². The number of carbonyl (C=O) groups excluding carboxylic acids is 1. The molecule has 0 saturated carbocycles. The first-order chi connectivity index (χ1) is 10.7. The normalized spacial score (nSPS) is 16.7. The Morgan fingerprint density at radius 2 is 2.09 bits per heavy atom. The van der Waals surface area contributed by atoms with Crippen LogP contribution in [-0.2, 0) is 19.4 Å². The minimum absolute atomic E-state index is 0.245. The number of urea groups is 1. The second-order valence-electron chi connectivity index (χ2n) is 5.50. The molecule has 0 bridgehead atoms. The number of anilines is 1. The van der Waals surface area contributed by atoms with E-state index >= 15 is 0 Å². The fourth-order valence-corrected chi connectivity index (χ4v) is 2.74. The van der Waals surface area contributed by atoms with E-state index in [4.69, 9.17) is 0 Å². The minimum Gasteiger partial charge on any atom is -0.393 e. The molecule has 22 heavy (non-hydrogen) atoms. The monoisotopic (exact) mass is 297 g/mol. The van der Waals surface area contributed by atoms with Crippen LogP contribution < -0.4 is 10.6 Å². The van der Waals surface area contributed by atoms with Crippen molar-refractivity contribution < 1.29 is 9.90 Å². The number of pyridine rings is 1. The second kappa shape index (κ2) is 6.58. The van der Waals surface area contributed by atoms with E-state index in [1.807, 2.05) is 24.3 Å². The van der Waals surface area contributed by atoms with Crippen LogP contribution in [0.5, 0.6) is 0 Å². The Bertz CT molecular complexity index is 658. The number of nitrogens with zero attached hydrogens (tertiary/aromatic N) is 1. The fraction of sp³-hybridized carbons (Fsp3) is 0.294. The van der Waals surface area contributed by atoms with Gasteiger partial charge in [0, 0.05) is 31.0 Å². The first kappa shape index (κ1) is 14.5. The molecule has 1 aromatic carbocycles. The minimum atomic E-state index is -0.324. The Labute approximate surface area is 129 Å². The lowest BCUT2D eigenvalue weighted by molar-refractivity contribution is 0.159. The van der Waals surface area contributed by atoms with E-state index in [1.165, 1.54) is 5.56 Å². The van der Waals surface area contributed by atoms with Gasteiger partial charge in [-0.05, 0) is 47.7 Å². The molecular formula is C17H19N3O2. The molecule has 3 rings (SSSR count). The summed E-state index contributed by atoms with van der Waals surface area (Å²) in [7, 11) is 0. The van der Waals surface area contributed by atoms with Crippen molar-refractivity contribution >= 4 is 11.7 Å². The molecule has 0 spiro atoms. The van der Waals surface area contributed by atoms with Crippen molar-refractivity contribution in [2.75, 3.05) is 5.32 Å². The maximum absolute atomic E-state index is 12.1.